The molecule has 0 fully saturated rings. The highest BCUT2D eigenvalue weighted by Gasteiger charge is 2.23. The number of anilines is 4. The standard InChI is InChI=1S/C35H28N4O6S/c1-21(40)36-23-7-11-25(12-8-23)38-27-15-17-29-32(19-27)45-33-20-28(39-26-13-9-24(10-14-26)37-22(2)41)16-18-30(33)35(29)31-5-3-4-6-34(31)46(42,43)44/h3-20,38H,1-2H3,(H,36,40)(H,37,41)(H,42,43,44). The van der Waals surface area contributed by atoms with Gasteiger partial charge < -0.3 is 20.4 Å². The average molecular weight is 633 g/mol. The van der Waals surface area contributed by atoms with Crippen LogP contribution in [0.3, 0.4) is 0 Å². The van der Waals surface area contributed by atoms with Gasteiger partial charge in [-0.05, 0) is 78.9 Å². The second kappa shape index (κ2) is 12.3. The second-order valence-electron chi connectivity index (χ2n) is 10.6. The van der Waals surface area contributed by atoms with Gasteiger partial charge in [-0.1, -0.05) is 18.2 Å². The van der Waals surface area contributed by atoms with Crippen molar-refractivity contribution >= 4 is 61.3 Å². The Balaban J connectivity index is 1.49. The van der Waals surface area contributed by atoms with Crippen LogP contribution in [-0.4, -0.2) is 24.8 Å². The molecule has 2 aliphatic rings. The van der Waals surface area contributed by atoms with Crippen molar-refractivity contribution in [3.8, 4) is 22.5 Å². The third kappa shape index (κ3) is 6.65. The molecule has 0 saturated carbocycles. The van der Waals surface area contributed by atoms with Gasteiger partial charge in [0.2, 0.25) is 11.8 Å². The predicted molar refractivity (Wildman–Crippen MR) is 178 cm³/mol. The Morgan fingerprint density at radius 2 is 1.30 bits per heavy atom. The van der Waals surface area contributed by atoms with Crippen LogP contribution >= 0.6 is 0 Å². The van der Waals surface area contributed by atoms with Crippen LogP contribution in [0.15, 0.2) is 123 Å². The maximum absolute atomic E-state index is 12.4. The summed E-state index contributed by atoms with van der Waals surface area (Å²) in [5.41, 5.74) is 5.44. The molecule has 46 heavy (non-hydrogen) atoms. The predicted octanol–water partition coefficient (Wildman–Crippen LogP) is 7.34. The van der Waals surface area contributed by atoms with E-state index in [-0.39, 0.29) is 16.7 Å². The van der Waals surface area contributed by atoms with E-state index >= 15 is 0 Å². The molecule has 1 aliphatic heterocycles. The summed E-state index contributed by atoms with van der Waals surface area (Å²) >= 11 is 0. The number of carbonyl (C=O) groups is 2. The molecule has 4 aromatic carbocycles. The van der Waals surface area contributed by atoms with Crippen LogP contribution in [-0.2, 0) is 19.7 Å². The first kappa shape index (κ1) is 30.3. The Morgan fingerprint density at radius 3 is 1.96 bits per heavy atom. The molecule has 4 N–H and O–H groups in total. The van der Waals surface area contributed by atoms with E-state index in [4.69, 9.17) is 9.41 Å². The molecule has 0 aromatic heterocycles. The summed E-state index contributed by atoms with van der Waals surface area (Å²) in [4.78, 5) is 27.2. The van der Waals surface area contributed by atoms with Gasteiger partial charge in [0.1, 0.15) is 16.2 Å². The molecular formula is C35H28N4O6S. The highest BCUT2D eigenvalue weighted by atomic mass is 32.2. The number of fused-ring (bicyclic) bond motifs is 2. The van der Waals surface area contributed by atoms with E-state index in [0.29, 0.717) is 61.5 Å². The lowest BCUT2D eigenvalue weighted by Crippen LogP contribution is -2.05. The van der Waals surface area contributed by atoms with Crippen molar-refractivity contribution in [2.75, 3.05) is 16.0 Å². The molecule has 0 unspecified atom stereocenters. The smallest absolute Gasteiger partial charge is 0.295 e. The third-order valence-electron chi connectivity index (χ3n) is 7.08. The summed E-state index contributed by atoms with van der Waals surface area (Å²) in [6, 6.07) is 31.4. The topological polar surface area (TPSA) is 150 Å². The summed E-state index contributed by atoms with van der Waals surface area (Å²) in [7, 11) is -4.55. The van der Waals surface area contributed by atoms with Crippen molar-refractivity contribution in [3.63, 3.8) is 0 Å². The Labute approximate surface area is 264 Å². The molecule has 1 heterocycles. The molecule has 230 valence electrons. The van der Waals surface area contributed by atoms with Crippen molar-refractivity contribution in [2.45, 2.75) is 18.7 Å². The van der Waals surface area contributed by atoms with E-state index in [1.807, 2.05) is 30.3 Å². The van der Waals surface area contributed by atoms with E-state index < -0.39 is 10.1 Å². The van der Waals surface area contributed by atoms with E-state index in [9.17, 15) is 22.6 Å². The normalized spacial score (nSPS) is 11.8. The summed E-state index contributed by atoms with van der Waals surface area (Å²) in [6.07, 6.45) is 0. The minimum Gasteiger partial charge on any atom is -0.456 e. The van der Waals surface area contributed by atoms with Crippen LogP contribution in [0.4, 0.5) is 28.4 Å². The van der Waals surface area contributed by atoms with Gasteiger partial charge in [0.15, 0.2) is 0 Å². The minimum absolute atomic E-state index is 0.161. The van der Waals surface area contributed by atoms with Gasteiger partial charge in [-0.15, -0.1) is 0 Å². The molecule has 0 radical (unpaired) electrons. The number of carbonyl (C=O) groups excluding carboxylic acids is 2. The first-order valence-corrected chi connectivity index (χ1v) is 15.6. The number of hydrogen-bond acceptors (Lipinski definition) is 7. The van der Waals surface area contributed by atoms with Gasteiger partial charge in [0, 0.05) is 70.8 Å². The number of nitrogens with one attached hydrogen (secondary N) is 3. The van der Waals surface area contributed by atoms with Crippen molar-refractivity contribution in [3.05, 3.63) is 115 Å². The number of rotatable bonds is 7. The van der Waals surface area contributed by atoms with Crippen molar-refractivity contribution in [1.82, 2.24) is 0 Å². The van der Waals surface area contributed by atoms with Crippen LogP contribution in [0.1, 0.15) is 13.8 Å². The lowest BCUT2D eigenvalue weighted by molar-refractivity contribution is -0.115. The molecule has 4 aromatic rings. The van der Waals surface area contributed by atoms with Gasteiger partial charge in [0.05, 0.1) is 11.0 Å². The molecule has 0 spiro atoms. The maximum atomic E-state index is 12.4. The van der Waals surface area contributed by atoms with Crippen molar-refractivity contribution < 1.29 is 27.0 Å². The Hall–Kier alpha value is -5.78. The zero-order valence-corrected chi connectivity index (χ0v) is 25.6. The third-order valence-corrected chi connectivity index (χ3v) is 7.99. The quantitative estimate of drug-likeness (QED) is 0.106. The van der Waals surface area contributed by atoms with Crippen molar-refractivity contribution in [1.29, 1.82) is 0 Å². The molecule has 0 bridgehead atoms. The average Bonchev–Trinajstić information content (AvgIpc) is 3.01. The first-order chi connectivity index (χ1) is 22.0. The molecule has 0 saturated heterocycles. The summed E-state index contributed by atoms with van der Waals surface area (Å²) < 4.78 is 41.4. The molecule has 2 amide bonds. The molecule has 0 atom stereocenters. The van der Waals surface area contributed by atoms with Crippen molar-refractivity contribution in [2.24, 2.45) is 4.99 Å². The number of amides is 2. The monoisotopic (exact) mass is 632 g/mol. The summed E-state index contributed by atoms with van der Waals surface area (Å²) in [6.45, 7) is 2.88. The van der Waals surface area contributed by atoms with E-state index in [1.165, 1.54) is 19.9 Å². The van der Waals surface area contributed by atoms with Gasteiger partial charge in [0.25, 0.3) is 10.1 Å². The Bertz CT molecular complexity index is 2260. The molecular weight excluding hydrogens is 604 g/mol. The van der Waals surface area contributed by atoms with Crippen LogP contribution in [0, 0.1) is 0 Å². The van der Waals surface area contributed by atoms with Gasteiger partial charge in [-0.25, -0.2) is 4.99 Å². The number of nitrogens with zero attached hydrogens (tertiary/aromatic N) is 1. The van der Waals surface area contributed by atoms with E-state index in [1.54, 1.807) is 72.8 Å². The van der Waals surface area contributed by atoms with Crippen LogP contribution in [0.25, 0.3) is 33.4 Å². The molecule has 11 heteroatoms. The fourth-order valence-electron chi connectivity index (χ4n) is 5.19. The fourth-order valence-corrected chi connectivity index (χ4v) is 5.89. The summed E-state index contributed by atoms with van der Waals surface area (Å²) in [5.74, 6) is 0.115. The first-order valence-electron chi connectivity index (χ1n) is 14.2. The van der Waals surface area contributed by atoms with E-state index in [0.717, 1.165) is 5.69 Å². The molecule has 1 aliphatic carbocycles. The van der Waals surface area contributed by atoms with Crippen LogP contribution < -0.4 is 21.3 Å². The lowest BCUT2D eigenvalue weighted by Gasteiger charge is -2.18. The Kier molecular flexibility index (Phi) is 8.10. The largest absolute Gasteiger partial charge is 0.456 e. The second-order valence-corrected chi connectivity index (χ2v) is 12.0. The Morgan fingerprint density at radius 1 is 0.696 bits per heavy atom. The van der Waals surface area contributed by atoms with Crippen LogP contribution in [0.2, 0.25) is 0 Å². The van der Waals surface area contributed by atoms with Crippen LogP contribution in [0.5, 0.6) is 0 Å². The molecule has 10 nitrogen and oxygen atoms in total. The number of benzene rings is 5. The van der Waals surface area contributed by atoms with Gasteiger partial charge in [-0.3, -0.25) is 14.1 Å². The minimum atomic E-state index is -4.55. The van der Waals surface area contributed by atoms with E-state index in [2.05, 4.69) is 16.0 Å². The lowest BCUT2D eigenvalue weighted by atomic mass is 9.93. The highest BCUT2D eigenvalue weighted by Crippen LogP contribution is 2.42. The SMILES string of the molecule is CC(=O)Nc1ccc(N=c2ccc3c(-c4ccccc4S(=O)(=O)O)c4ccc(Nc5ccc(NC(C)=O)cc5)cc4oc-3c2)cc1. The zero-order valence-electron chi connectivity index (χ0n) is 24.7. The number of hydrogen-bond donors (Lipinski definition) is 4. The highest BCUT2D eigenvalue weighted by molar-refractivity contribution is 7.86. The molecule has 6 rings (SSSR count). The van der Waals surface area contributed by atoms with Gasteiger partial charge >= 0.3 is 0 Å². The zero-order chi connectivity index (χ0) is 32.4. The fraction of sp³-hybridized carbons (Fsp3) is 0.0571. The summed E-state index contributed by atoms with van der Waals surface area (Å²) in [5, 5.41) is 10.0. The van der Waals surface area contributed by atoms with Gasteiger partial charge in [-0.2, -0.15) is 8.42 Å². The maximum Gasteiger partial charge on any atom is 0.295 e.